The molecule has 0 aliphatic heterocycles. The number of aromatic amines is 1. The van der Waals surface area contributed by atoms with Crippen molar-refractivity contribution in [3.63, 3.8) is 0 Å². The number of nitrogens with one attached hydrogen (secondary N) is 1. The smallest absolute Gasteiger partial charge is 0.254 e. The second-order valence-corrected chi connectivity index (χ2v) is 7.17. The number of rotatable bonds is 8. The van der Waals surface area contributed by atoms with Crippen LogP contribution in [0.3, 0.4) is 0 Å². The Morgan fingerprint density at radius 2 is 2.00 bits per heavy atom. The molecule has 0 bridgehead atoms. The van der Waals surface area contributed by atoms with E-state index in [1.54, 1.807) is 36.2 Å². The Morgan fingerprint density at radius 3 is 2.74 bits per heavy atom. The summed E-state index contributed by atoms with van der Waals surface area (Å²) in [6.07, 6.45) is 1.47. The first-order valence-electron chi connectivity index (χ1n) is 8.33. The van der Waals surface area contributed by atoms with Gasteiger partial charge in [-0.25, -0.2) is 4.98 Å². The van der Waals surface area contributed by atoms with E-state index in [9.17, 15) is 4.79 Å². The highest BCUT2D eigenvalue weighted by atomic mass is 35.5. The summed E-state index contributed by atoms with van der Waals surface area (Å²) in [5.74, 6) is 1.32. The van der Waals surface area contributed by atoms with Gasteiger partial charge in [0.05, 0.1) is 6.54 Å². The molecule has 0 saturated carbocycles. The van der Waals surface area contributed by atoms with Crippen LogP contribution in [-0.2, 0) is 5.75 Å². The van der Waals surface area contributed by atoms with Crippen LogP contribution in [-0.4, -0.2) is 46.2 Å². The molecule has 1 aromatic heterocycles. The molecule has 8 heteroatoms. The molecular weight excluding hydrogens is 384 g/mol. The van der Waals surface area contributed by atoms with E-state index in [2.05, 4.69) is 15.2 Å². The van der Waals surface area contributed by atoms with Gasteiger partial charge in [-0.15, -0.1) is 0 Å². The van der Waals surface area contributed by atoms with Crippen molar-refractivity contribution in [2.24, 2.45) is 0 Å². The molecule has 0 radical (unpaired) electrons. The number of likely N-dealkylation sites (N-methyl/N-ethyl adjacent to an activating group) is 1. The molecule has 3 aromatic rings. The Morgan fingerprint density at radius 1 is 1.22 bits per heavy atom. The van der Waals surface area contributed by atoms with Gasteiger partial charge in [-0.2, -0.15) is 5.10 Å². The van der Waals surface area contributed by atoms with E-state index in [0.717, 1.165) is 16.5 Å². The van der Waals surface area contributed by atoms with Gasteiger partial charge in [0.25, 0.3) is 5.91 Å². The number of carbonyl (C=O) groups excluding carboxylic acids is 1. The fourth-order valence-corrected chi connectivity index (χ4v) is 3.31. The number of H-pyrrole nitrogens is 1. The summed E-state index contributed by atoms with van der Waals surface area (Å²) in [7, 11) is 1.77. The first-order valence-corrected chi connectivity index (χ1v) is 9.70. The third kappa shape index (κ3) is 5.48. The van der Waals surface area contributed by atoms with Gasteiger partial charge >= 0.3 is 0 Å². The number of aromatic nitrogens is 3. The zero-order valence-corrected chi connectivity index (χ0v) is 16.3. The molecule has 1 N–H and O–H groups in total. The molecule has 0 saturated heterocycles. The number of halogens is 1. The van der Waals surface area contributed by atoms with Crippen molar-refractivity contribution in [1.82, 2.24) is 20.1 Å². The van der Waals surface area contributed by atoms with Crippen LogP contribution in [0.2, 0.25) is 5.02 Å². The highest BCUT2D eigenvalue weighted by molar-refractivity contribution is 7.98. The average Bonchev–Trinajstić information content (AvgIpc) is 3.21. The number of carbonyl (C=O) groups is 1. The number of thioether (sulfide) groups is 1. The zero-order chi connectivity index (χ0) is 19.1. The summed E-state index contributed by atoms with van der Waals surface area (Å²) in [6, 6.07) is 14.7. The summed E-state index contributed by atoms with van der Waals surface area (Å²) in [4.78, 5) is 18.6. The fourth-order valence-electron chi connectivity index (χ4n) is 2.40. The van der Waals surface area contributed by atoms with Crippen molar-refractivity contribution in [2.45, 2.75) is 10.9 Å². The molecule has 0 spiro atoms. The predicted molar refractivity (Wildman–Crippen MR) is 106 cm³/mol. The van der Waals surface area contributed by atoms with E-state index in [1.165, 1.54) is 18.1 Å². The van der Waals surface area contributed by atoms with Crippen molar-refractivity contribution < 1.29 is 9.53 Å². The lowest BCUT2D eigenvalue weighted by atomic mass is 10.1. The minimum Gasteiger partial charge on any atom is -0.492 e. The second kappa shape index (κ2) is 9.43. The van der Waals surface area contributed by atoms with Crippen LogP contribution in [0.15, 0.2) is 60.0 Å². The van der Waals surface area contributed by atoms with E-state index in [-0.39, 0.29) is 5.91 Å². The van der Waals surface area contributed by atoms with Gasteiger partial charge in [0, 0.05) is 23.4 Å². The third-order valence-electron chi connectivity index (χ3n) is 3.86. The normalized spacial score (nSPS) is 10.6. The van der Waals surface area contributed by atoms with Gasteiger partial charge in [0.2, 0.25) is 0 Å². The first-order chi connectivity index (χ1) is 13.1. The summed E-state index contributed by atoms with van der Waals surface area (Å²) < 4.78 is 5.67. The maximum atomic E-state index is 12.8. The number of hydrogen-bond acceptors (Lipinski definition) is 5. The summed E-state index contributed by atoms with van der Waals surface area (Å²) in [5, 5.41) is 8.02. The van der Waals surface area contributed by atoms with E-state index < -0.39 is 0 Å². The number of amides is 1. The van der Waals surface area contributed by atoms with Gasteiger partial charge < -0.3 is 9.64 Å². The van der Waals surface area contributed by atoms with Crippen LogP contribution in [0, 0.1) is 0 Å². The maximum Gasteiger partial charge on any atom is 0.254 e. The molecule has 0 aliphatic carbocycles. The molecule has 140 valence electrons. The molecule has 0 aliphatic rings. The number of nitrogens with zero attached hydrogens (tertiary/aromatic N) is 3. The highest BCUT2D eigenvalue weighted by Gasteiger charge is 2.16. The third-order valence-corrected chi connectivity index (χ3v) is 5.04. The maximum absolute atomic E-state index is 12.8. The Labute approximate surface area is 166 Å². The molecule has 0 fully saturated rings. The Hall–Kier alpha value is -2.51. The lowest BCUT2D eigenvalue weighted by Gasteiger charge is -2.19. The summed E-state index contributed by atoms with van der Waals surface area (Å²) in [6.45, 7) is 0.879. The van der Waals surface area contributed by atoms with E-state index in [0.29, 0.717) is 29.5 Å². The lowest BCUT2D eigenvalue weighted by molar-refractivity contribution is 0.0773. The monoisotopic (exact) mass is 402 g/mol. The van der Waals surface area contributed by atoms with Crippen molar-refractivity contribution in [1.29, 1.82) is 0 Å². The molecule has 0 unspecified atom stereocenters. The SMILES string of the molecule is CN(CCOc1ccc(Cl)cc1)C(=O)c1ccccc1CSc1ncn[nH]1. The Balaban J connectivity index is 1.56. The lowest BCUT2D eigenvalue weighted by Crippen LogP contribution is -2.31. The largest absolute Gasteiger partial charge is 0.492 e. The van der Waals surface area contributed by atoms with E-state index >= 15 is 0 Å². The molecule has 27 heavy (non-hydrogen) atoms. The summed E-state index contributed by atoms with van der Waals surface area (Å²) in [5.41, 5.74) is 1.63. The minimum atomic E-state index is -0.0384. The quantitative estimate of drug-likeness (QED) is 0.578. The number of ether oxygens (including phenoxy) is 1. The van der Waals surface area contributed by atoms with Crippen molar-refractivity contribution in [2.75, 3.05) is 20.2 Å². The van der Waals surface area contributed by atoms with Crippen LogP contribution in [0.1, 0.15) is 15.9 Å². The van der Waals surface area contributed by atoms with Gasteiger partial charge in [-0.05, 0) is 35.9 Å². The molecule has 0 atom stereocenters. The van der Waals surface area contributed by atoms with Gasteiger partial charge in [0.15, 0.2) is 5.16 Å². The van der Waals surface area contributed by atoms with Crippen LogP contribution in [0.5, 0.6) is 5.75 Å². The molecular formula is C19H19ClN4O2S. The topological polar surface area (TPSA) is 71.1 Å². The molecule has 1 heterocycles. The number of benzene rings is 2. The van der Waals surface area contributed by atoms with Crippen molar-refractivity contribution in [3.8, 4) is 5.75 Å². The van der Waals surface area contributed by atoms with Crippen LogP contribution in [0.4, 0.5) is 0 Å². The number of hydrogen-bond donors (Lipinski definition) is 1. The second-order valence-electron chi connectivity index (χ2n) is 5.77. The fraction of sp³-hybridized carbons (Fsp3) is 0.211. The molecule has 6 nitrogen and oxygen atoms in total. The first kappa shape index (κ1) is 19.3. The van der Waals surface area contributed by atoms with Gasteiger partial charge in [-0.3, -0.25) is 9.89 Å². The van der Waals surface area contributed by atoms with Crippen LogP contribution >= 0.6 is 23.4 Å². The molecule has 2 aromatic carbocycles. The highest BCUT2D eigenvalue weighted by Crippen LogP contribution is 2.22. The molecule has 1 amide bonds. The summed E-state index contributed by atoms with van der Waals surface area (Å²) >= 11 is 7.36. The zero-order valence-electron chi connectivity index (χ0n) is 14.8. The predicted octanol–water partition coefficient (Wildman–Crippen LogP) is 3.90. The van der Waals surface area contributed by atoms with Gasteiger partial charge in [-0.1, -0.05) is 41.6 Å². The van der Waals surface area contributed by atoms with Gasteiger partial charge in [0.1, 0.15) is 18.7 Å². The standard InChI is InChI=1S/C19H19ClN4O2S/c1-24(10-11-26-16-8-6-15(20)7-9-16)18(25)17-5-3-2-4-14(17)12-27-19-21-13-22-23-19/h2-9,13H,10-12H2,1H3,(H,21,22,23). The van der Waals surface area contributed by atoms with Crippen LogP contribution in [0.25, 0.3) is 0 Å². The van der Waals surface area contributed by atoms with E-state index in [4.69, 9.17) is 16.3 Å². The average molecular weight is 403 g/mol. The van der Waals surface area contributed by atoms with Crippen molar-refractivity contribution >= 4 is 29.3 Å². The van der Waals surface area contributed by atoms with Crippen molar-refractivity contribution in [3.05, 3.63) is 71.0 Å². The Bertz CT molecular complexity index is 872. The minimum absolute atomic E-state index is 0.0384. The Kier molecular flexibility index (Phi) is 6.73. The van der Waals surface area contributed by atoms with E-state index in [1.807, 2.05) is 24.3 Å². The van der Waals surface area contributed by atoms with Crippen LogP contribution < -0.4 is 4.74 Å². The molecule has 3 rings (SSSR count).